The second kappa shape index (κ2) is 20.7. The van der Waals surface area contributed by atoms with Crippen LogP contribution >= 0.6 is 0 Å². The van der Waals surface area contributed by atoms with Crippen LogP contribution in [-0.2, 0) is 21.7 Å². The lowest BCUT2D eigenvalue weighted by atomic mass is 9.67. The Morgan fingerprint density at radius 1 is 0.213 bits per heavy atom. The van der Waals surface area contributed by atoms with Crippen molar-refractivity contribution in [1.82, 2.24) is 0 Å². The van der Waals surface area contributed by atoms with Crippen LogP contribution in [0.5, 0.6) is 0 Å². The lowest BCUT2D eigenvalue weighted by molar-refractivity contribution is 0.660. The molecule has 0 bridgehead atoms. The number of hydrogen-bond acceptors (Lipinski definition) is 2. The molecule has 0 fully saturated rings. The van der Waals surface area contributed by atoms with Crippen molar-refractivity contribution >= 4 is 44.9 Å². The Morgan fingerprint density at radius 2 is 0.585 bits per heavy atom. The van der Waals surface area contributed by atoms with E-state index in [1.165, 1.54) is 133 Å². The van der Waals surface area contributed by atoms with Gasteiger partial charge in [0.15, 0.2) is 0 Å². The molecular formula is C92H70N2. The maximum atomic E-state index is 2.52. The minimum atomic E-state index is -0.539. The highest BCUT2D eigenvalue weighted by Crippen LogP contribution is 2.59. The zero-order chi connectivity index (χ0) is 63.2. The maximum absolute atomic E-state index is 2.52. The topological polar surface area (TPSA) is 6.48 Å². The Morgan fingerprint density at radius 3 is 1.15 bits per heavy atom. The van der Waals surface area contributed by atoms with Crippen LogP contribution in [0.1, 0.15) is 97.2 Å². The third-order valence-electron chi connectivity index (χ3n) is 21.9. The molecule has 4 aliphatic carbocycles. The molecule has 2 heteroatoms. The van der Waals surface area contributed by atoms with E-state index in [0.29, 0.717) is 0 Å². The normalized spacial score (nSPS) is 14.8. The summed E-state index contributed by atoms with van der Waals surface area (Å²) in [7, 11) is 0. The fourth-order valence-electron chi connectivity index (χ4n) is 17.3. The molecule has 0 unspecified atom stereocenters. The molecule has 448 valence electrons. The number of hydrogen-bond donors (Lipinski definition) is 0. The molecule has 0 aliphatic heterocycles. The lowest BCUT2D eigenvalue weighted by Crippen LogP contribution is -2.28. The van der Waals surface area contributed by atoms with E-state index in [-0.39, 0.29) is 16.2 Å². The van der Waals surface area contributed by atoms with Crippen LogP contribution in [0.15, 0.2) is 315 Å². The molecule has 0 saturated carbocycles. The molecule has 94 heavy (non-hydrogen) atoms. The average molecular weight is 1200 g/mol. The zero-order valence-electron chi connectivity index (χ0n) is 53.9. The van der Waals surface area contributed by atoms with E-state index in [4.69, 9.17) is 0 Å². The average Bonchev–Trinajstić information content (AvgIpc) is 1.54. The molecule has 0 N–H and O–H groups in total. The predicted molar refractivity (Wildman–Crippen MR) is 394 cm³/mol. The van der Waals surface area contributed by atoms with Gasteiger partial charge in [0.25, 0.3) is 0 Å². The zero-order valence-corrected chi connectivity index (χ0v) is 53.9. The van der Waals surface area contributed by atoms with Crippen LogP contribution in [0, 0.1) is 0 Å². The molecule has 14 aromatic rings. The first-order chi connectivity index (χ1) is 45.9. The summed E-state index contributed by atoms with van der Waals surface area (Å²) in [6.45, 7) is 14.3. The van der Waals surface area contributed by atoms with Crippen LogP contribution in [0.2, 0.25) is 0 Å². The first-order valence-corrected chi connectivity index (χ1v) is 33.3. The highest BCUT2D eigenvalue weighted by atomic mass is 15.1. The SMILES string of the molecule is CC1(C)c2ccccc2-c2ccc(N(c3cccc(-c4cccc(-c5ccc6c(c5)-c5ccc(N(c7ccc8c(c7)C(c7ccccc7)(c7ccccc7)c7ccccc7-8)c7cccc8ccccc78)cc5C6(C)C)c4)c3)c3ccc4c(c3)C(C)(C)c3ccccc3-4)cc21. The second-order valence-corrected chi connectivity index (χ2v) is 28.0. The summed E-state index contributed by atoms with van der Waals surface area (Å²) in [4.78, 5) is 5.01. The molecule has 0 spiro atoms. The molecule has 0 heterocycles. The first-order valence-electron chi connectivity index (χ1n) is 33.3. The Bertz CT molecular complexity index is 5280. The molecule has 14 aromatic carbocycles. The summed E-state index contributed by atoms with van der Waals surface area (Å²) < 4.78 is 0. The highest BCUT2D eigenvalue weighted by Gasteiger charge is 2.47. The van der Waals surface area contributed by atoms with E-state index in [1.807, 2.05) is 0 Å². The third kappa shape index (κ3) is 8.15. The number of anilines is 6. The van der Waals surface area contributed by atoms with Crippen LogP contribution < -0.4 is 9.80 Å². The van der Waals surface area contributed by atoms with Gasteiger partial charge in [-0.25, -0.2) is 0 Å². The van der Waals surface area contributed by atoms with Gasteiger partial charge >= 0.3 is 0 Å². The van der Waals surface area contributed by atoms with Crippen LogP contribution in [0.3, 0.4) is 0 Å². The molecule has 0 amide bonds. The van der Waals surface area contributed by atoms with Gasteiger partial charge in [0.1, 0.15) is 0 Å². The molecule has 0 atom stereocenters. The number of nitrogens with zero attached hydrogens (tertiary/aromatic N) is 2. The quantitative estimate of drug-likeness (QED) is 0.135. The van der Waals surface area contributed by atoms with Gasteiger partial charge in [0, 0.05) is 50.1 Å². The summed E-state index contributed by atoms with van der Waals surface area (Å²) in [6.07, 6.45) is 0. The van der Waals surface area contributed by atoms with Crippen LogP contribution in [0.25, 0.3) is 77.5 Å². The minimum Gasteiger partial charge on any atom is -0.310 e. The Balaban J connectivity index is 0.730. The standard InChI is InChI=1S/C92H70N2/c1-89(2)80-38-18-15-35-72(80)75-47-43-67(55-84(75)89)93(68-44-48-76-73-36-16-19-39-81(73)90(3,4)85(76)56-68)66-33-22-28-62(53-66)60-26-21-27-61(52-60)63-42-51-82-79(54-63)78-50-46-69(57-86(78)91(82,5)6)94(88-41-23-25-59-24-13-14-34-71(59)88)70-45-49-77-74-37-17-20-40-83(74)92(87(77)58-70,64-29-9-7-10-30-64)65-31-11-8-12-32-65/h7-58H,1-6H3. The fourth-order valence-corrected chi connectivity index (χ4v) is 17.3. The van der Waals surface area contributed by atoms with Crippen molar-refractivity contribution in [3.8, 4) is 66.8 Å². The van der Waals surface area contributed by atoms with E-state index in [0.717, 1.165) is 34.1 Å². The number of benzene rings is 14. The summed E-state index contributed by atoms with van der Waals surface area (Å²) >= 11 is 0. The van der Waals surface area contributed by atoms with Gasteiger partial charge in [-0.1, -0.05) is 278 Å². The molecule has 18 rings (SSSR count). The van der Waals surface area contributed by atoms with E-state index < -0.39 is 5.41 Å². The molecular weight excluding hydrogens is 1130 g/mol. The molecule has 0 aromatic heterocycles. The maximum Gasteiger partial charge on any atom is 0.0714 e. The van der Waals surface area contributed by atoms with Crippen LogP contribution in [-0.4, -0.2) is 0 Å². The lowest BCUT2D eigenvalue weighted by Gasteiger charge is -2.35. The van der Waals surface area contributed by atoms with Crippen molar-refractivity contribution in [3.63, 3.8) is 0 Å². The second-order valence-electron chi connectivity index (χ2n) is 28.0. The van der Waals surface area contributed by atoms with Gasteiger partial charge in [0.05, 0.1) is 11.1 Å². The van der Waals surface area contributed by atoms with Crippen molar-refractivity contribution in [2.24, 2.45) is 0 Å². The Hall–Kier alpha value is -11.1. The Labute approximate surface area is 552 Å². The summed E-state index contributed by atoms with van der Waals surface area (Å²) in [6, 6.07) is 119. The molecule has 2 nitrogen and oxygen atoms in total. The highest BCUT2D eigenvalue weighted by molar-refractivity contribution is 6.01. The Kier molecular flexibility index (Phi) is 12.3. The molecule has 0 radical (unpaired) electrons. The molecule has 4 aliphatic rings. The van der Waals surface area contributed by atoms with Gasteiger partial charge < -0.3 is 9.80 Å². The summed E-state index contributed by atoms with van der Waals surface area (Å²) in [5.74, 6) is 0. The van der Waals surface area contributed by atoms with E-state index in [2.05, 4.69) is 367 Å². The van der Waals surface area contributed by atoms with Crippen molar-refractivity contribution < 1.29 is 0 Å². The fraction of sp³-hybridized carbons (Fsp3) is 0.109. The van der Waals surface area contributed by atoms with E-state index in [9.17, 15) is 0 Å². The van der Waals surface area contributed by atoms with Gasteiger partial charge in [0.2, 0.25) is 0 Å². The summed E-state index contributed by atoms with van der Waals surface area (Å²) in [5, 5.41) is 2.41. The number of fused-ring (bicyclic) bond motifs is 13. The minimum absolute atomic E-state index is 0.145. The first kappa shape index (κ1) is 55.8. The smallest absolute Gasteiger partial charge is 0.0714 e. The monoisotopic (exact) mass is 1200 g/mol. The number of rotatable bonds is 10. The van der Waals surface area contributed by atoms with E-state index in [1.54, 1.807) is 0 Å². The van der Waals surface area contributed by atoms with Gasteiger partial charge in [-0.2, -0.15) is 0 Å². The van der Waals surface area contributed by atoms with Gasteiger partial charge in [-0.15, -0.1) is 0 Å². The van der Waals surface area contributed by atoms with E-state index >= 15 is 0 Å². The van der Waals surface area contributed by atoms with Crippen molar-refractivity contribution in [2.45, 2.75) is 63.2 Å². The van der Waals surface area contributed by atoms with Gasteiger partial charge in [-0.3, -0.25) is 0 Å². The van der Waals surface area contributed by atoms with Gasteiger partial charge in [-0.05, 0) is 207 Å². The van der Waals surface area contributed by atoms with Crippen molar-refractivity contribution in [1.29, 1.82) is 0 Å². The third-order valence-corrected chi connectivity index (χ3v) is 21.9. The van der Waals surface area contributed by atoms with Crippen LogP contribution in [0.4, 0.5) is 34.1 Å². The van der Waals surface area contributed by atoms with Crippen molar-refractivity contribution in [3.05, 3.63) is 371 Å². The molecule has 0 saturated heterocycles. The largest absolute Gasteiger partial charge is 0.310 e. The van der Waals surface area contributed by atoms with Crippen molar-refractivity contribution in [2.75, 3.05) is 9.80 Å². The predicted octanol–water partition coefficient (Wildman–Crippen LogP) is 24.4. The summed E-state index contributed by atoms with van der Waals surface area (Å²) in [5.41, 5.74) is 34.1.